The summed E-state index contributed by atoms with van der Waals surface area (Å²) in [7, 11) is 0. The van der Waals surface area contributed by atoms with Crippen molar-refractivity contribution in [3.63, 3.8) is 0 Å². The molecule has 0 aliphatic carbocycles. The molecule has 2 unspecified atom stereocenters. The molecule has 10 heavy (non-hydrogen) atoms. The first-order chi connectivity index (χ1) is 4.66. The molecular formula is C5H10O5. The zero-order chi connectivity index (χ0) is 7.72. The predicted molar refractivity (Wildman–Crippen MR) is 30.0 cm³/mol. The maximum Gasteiger partial charge on any atom is 0.184 e. The molecule has 1 aliphatic rings. The smallest absolute Gasteiger partial charge is 0.184 e. The third-order valence-corrected chi connectivity index (χ3v) is 1.52. The van der Waals surface area contributed by atoms with Crippen molar-refractivity contribution in [2.75, 3.05) is 6.61 Å². The van der Waals surface area contributed by atoms with Crippen molar-refractivity contribution in [3.05, 3.63) is 0 Å². The maximum atomic E-state index is 8.93. The first kappa shape index (κ1) is 7.90. The van der Waals surface area contributed by atoms with Crippen LogP contribution in [0.25, 0.3) is 0 Å². The minimum Gasteiger partial charge on any atom is -0.394 e. The summed E-state index contributed by atoms with van der Waals surface area (Å²) in [6, 6.07) is 0. The van der Waals surface area contributed by atoms with Crippen LogP contribution in [0.4, 0.5) is 0 Å². The van der Waals surface area contributed by atoms with Gasteiger partial charge in [-0.3, -0.25) is 0 Å². The highest BCUT2D eigenvalue weighted by Crippen LogP contribution is 2.18. The van der Waals surface area contributed by atoms with E-state index in [9.17, 15) is 0 Å². The van der Waals surface area contributed by atoms with Gasteiger partial charge >= 0.3 is 0 Å². The highest BCUT2D eigenvalue weighted by molar-refractivity contribution is 4.84. The molecular weight excluding hydrogens is 141 g/mol. The molecule has 1 heterocycles. The molecule has 1 aliphatic heterocycles. The van der Waals surface area contributed by atoms with Gasteiger partial charge in [0.1, 0.15) is 18.3 Å². The number of ether oxygens (including phenoxy) is 1. The van der Waals surface area contributed by atoms with E-state index in [-0.39, 0.29) is 0 Å². The van der Waals surface area contributed by atoms with E-state index in [1.807, 2.05) is 0 Å². The van der Waals surface area contributed by atoms with Crippen LogP contribution in [0.5, 0.6) is 0 Å². The fourth-order valence-corrected chi connectivity index (χ4v) is 0.880. The zero-order valence-electron chi connectivity index (χ0n) is 5.21. The Morgan fingerprint density at radius 2 is 1.70 bits per heavy atom. The van der Waals surface area contributed by atoms with Crippen molar-refractivity contribution in [1.29, 1.82) is 0 Å². The van der Waals surface area contributed by atoms with E-state index in [2.05, 4.69) is 4.74 Å². The van der Waals surface area contributed by atoms with Gasteiger partial charge in [-0.05, 0) is 0 Å². The summed E-state index contributed by atoms with van der Waals surface area (Å²) in [4.78, 5) is 0. The monoisotopic (exact) mass is 151 g/mol. The second-order valence-corrected chi connectivity index (χ2v) is 2.23. The molecule has 0 amide bonds. The highest BCUT2D eigenvalue weighted by Gasteiger charge is 2.41. The first-order valence-corrected chi connectivity index (χ1v) is 2.97. The molecule has 0 spiro atoms. The van der Waals surface area contributed by atoms with Gasteiger partial charge in [0.15, 0.2) is 6.29 Å². The largest absolute Gasteiger partial charge is 0.394 e. The van der Waals surface area contributed by atoms with Crippen LogP contribution < -0.4 is 0 Å². The Balaban J connectivity index is 2.53. The standard InChI is InChI=1S/C5H10O5/c6-1-2-3(7)4(8)5(9)10-2/h2-9H,1H2/t2-,3?,4?,5+/m0/s1/i4+1. The molecule has 0 aromatic rings. The van der Waals surface area contributed by atoms with Gasteiger partial charge in [0.2, 0.25) is 0 Å². The van der Waals surface area contributed by atoms with E-state index in [1.165, 1.54) is 0 Å². The molecule has 1 saturated heterocycles. The van der Waals surface area contributed by atoms with Gasteiger partial charge in [-0.2, -0.15) is 0 Å². The Bertz CT molecular complexity index is 117. The van der Waals surface area contributed by atoms with Gasteiger partial charge in [-0.15, -0.1) is 0 Å². The van der Waals surface area contributed by atoms with E-state index < -0.39 is 31.2 Å². The van der Waals surface area contributed by atoms with E-state index in [4.69, 9.17) is 20.4 Å². The normalized spacial score (nSPS) is 48.0. The second kappa shape index (κ2) is 2.81. The third kappa shape index (κ3) is 1.14. The summed E-state index contributed by atoms with van der Waals surface area (Å²) < 4.78 is 4.54. The molecule has 5 heteroatoms. The third-order valence-electron chi connectivity index (χ3n) is 1.52. The number of aliphatic hydroxyl groups excluding tert-OH is 4. The summed E-state index contributed by atoms with van der Waals surface area (Å²) in [5.41, 5.74) is 0. The highest BCUT2D eigenvalue weighted by atomic mass is 16.7. The fourth-order valence-electron chi connectivity index (χ4n) is 0.880. The molecule has 0 radical (unpaired) electrons. The first-order valence-electron chi connectivity index (χ1n) is 2.97. The topological polar surface area (TPSA) is 90.2 Å². The van der Waals surface area contributed by atoms with Crippen LogP contribution in [0, 0.1) is 0 Å². The molecule has 5 nitrogen and oxygen atoms in total. The zero-order valence-corrected chi connectivity index (χ0v) is 5.21. The van der Waals surface area contributed by atoms with E-state index in [0.717, 1.165) is 0 Å². The van der Waals surface area contributed by atoms with E-state index >= 15 is 0 Å². The predicted octanol–water partition coefficient (Wildman–Crippen LogP) is -2.58. The molecule has 4 N–H and O–H groups in total. The van der Waals surface area contributed by atoms with Crippen molar-refractivity contribution in [3.8, 4) is 0 Å². The Morgan fingerprint density at radius 3 is 1.90 bits per heavy atom. The summed E-state index contributed by atoms with van der Waals surface area (Å²) in [5.74, 6) is 0. The van der Waals surface area contributed by atoms with Gasteiger partial charge in [-0.1, -0.05) is 0 Å². The summed E-state index contributed by atoms with van der Waals surface area (Å²) in [6.45, 7) is -0.407. The van der Waals surface area contributed by atoms with Crippen LogP contribution in [0.3, 0.4) is 0 Å². The number of aliphatic hydroxyl groups is 4. The molecule has 0 aromatic carbocycles. The second-order valence-electron chi connectivity index (χ2n) is 2.23. The minimum atomic E-state index is -1.38. The van der Waals surface area contributed by atoms with Gasteiger partial charge < -0.3 is 25.2 Å². The van der Waals surface area contributed by atoms with Gasteiger partial charge in [0, 0.05) is 0 Å². The minimum absolute atomic E-state index is 0.407. The lowest BCUT2D eigenvalue weighted by atomic mass is 10.3. The van der Waals surface area contributed by atoms with Crippen molar-refractivity contribution < 1.29 is 25.2 Å². The SMILES string of the molecule is OC[C@@H]1O[C@@H](O)[13CH](O)C1O. The Morgan fingerprint density at radius 1 is 1.10 bits per heavy atom. The van der Waals surface area contributed by atoms with E-state index in [1.54, 1.807) is 0 Å². The van der Waals surface area contributed by atoms with Crippen LogP contribution in [0.2, 0.25) is 0 Å². The molecule has 1 fully saturated rings. The molecule has 0 bridgehead atoms. The number of hydrogen-bond donors (Lipinski definition) is 4. The molecule has 1 rings (SSSR count). The summed E-state index contributed by atoms with van der Waals surface area (Å²) in [6.07, 6.45) is -4.76. The molecule has 0 saturated carbocycles. The molecule has 0 aromatic heterocycles. The number of hydrogen-bond acceptors (Lipinski definition) is 5. The van der Waals surface area contributed by atoms with Crippen molar-refractivity contribution in [2.45, 2.75) is 24.6 Å². The van der Waals surface area contributed by atoms with Crippen LogP contribution in [-0.4, -0.2) is 51.6 Å². The van der Waals surface area contributed by atoms with Gasteiger partial charge in [-0.25, -0.2) is 0 Å². The average Bonchev–Trinajstić information content (AvgIpc) is 2.17. The lowest BCUT2D eigenvalue weighted by Gasteiger charge is -2.09. The Labute approximate surface area is 57.5 Å². The number of rotatable bonds is 1. The quantitative estimate of drug-likeness (QED) is 0.309. The van der Waals surface area contributed by atoms with Gasteiger partial charge in [0.05, 0.1) is 6.61 Å². The fraction of sp³-hybridized carbons (Fsp3) is 1.00. The average molecular weight is 151 g/mol. The van der Waals surface area contributed by atoms with Crippen LogP contribution in [0.1, 0.15) is 0 Å². The lowest BCUT2D eigenvalue weighted by molar-refractivity contribution is -0.132. The lowest BCUT2D eigenvalue weighted by Crippen LogP contribution is -2.33. The van der Waals surface area contributed by atoms with E-state index in [0.29, 0.717) is 0 Å². The van der Waals surface area contributed by atoms with Crippen molar-refractivity contribution >= 4 is 0 Å². The Hall–Kier alpha value is -0.200. The molecule has 4 atom stereocenters. The van der Waals surface area contributed by atoms with Crippen LogP contribution in [-0.2, 0) is 4.74 Å². The van der Waals surface area contributed by atoms with Crippen LogP contribution >= 0.6 is 0 Å². The van der Waals surface area contributed by atoms with Crippen molar-refractivity contribution in [2.24, 2.45) is 0 Å². The van der Waals surface area contributed by atoms with Crippen LogP contribution in [0.15, 0.2) is 0 Å². The summed E-state index contributed by atoms with van der Waals surface area (Å²) in [5, 5.41) is 35.0. The van der Waals surface area contributed by atoms with Crippen molar-refractivity contribution in [1.82, 2.24) is 0 Å². The summed E-state index contributed by atoms with van der Waals surface area (Å²) >= 11 is 0. The van der Waals surface area contributed by atoms with Gasteiger partial charge in [0.25, 0.3) is 0 Å². The maximum absolute atomic E-state index is 8.93. The Kier molecular flexibility index (Phi) is 2.22. The molecule has 60 valence electrons.